The summed E-state index contributed by atoms with van der Waals surface area (Å²) >= 11 is 9.68. The summed E-state index contributed by atoms with van der Waals surface area (Å²) in [7, 11) is 0. The van der Waals surface area contributed by atoms with Crippen LogP contribution in [0.15, 0.2) is 82.1 Å². The van der Waals surface area contributed by atoms with Gasteiger partial charge in [-0.1, -0.05) is 66.2 Å². The third-order valence-corrected chi connectivity index (χ3v) is 6.70. The van der Waals surface area contributed by atoms with Gasteiger partial charge in [0.05, 0.1) is 30.3 Å². The van der Waals surface area contributed by atoms with Crippen LogP contribution >= 0.6 is 27.5 Å². The van der Waals surface area contributed by atoms with Crippen molar-refractivity contribution < 1.29 is 4.74 Å². The van der Waals surface area contributed by atoms with Gasteiger partial charge in [-0.05, 0) is 64.2 Å². The average molecular weight is 497 g/mol. The van der Waals surface area contributed by atoms with Gasteiger partial charge in [0.2, 0.25) is 0 Å². The molecule has 0 saturated heterocycles. The molecule has 3 nitrogen and oxygen atoms in total. The summed E-state index contributed by atoms with van der Waals surface area (Å²) in [6.07, 6.45) is 0.694. The number of hydrogen-bond acceptors (Lipinski definition) is 2. The van der Waals surface area contributed by atoms with Gasteiger partial charge < -0.3 is 9.30 Å². The summed E-state index contributed by atoms with van der Waals surface area (Å²) in [5, 5.41) is 1.73. The molecule has 0 fully saturated rings. The molecule has 0 radical (unpaired) electrons. The molecule has 0 atom stereocenters. The fourth-order valence-corrected chi connectivity index (χ4v) is 4.30. The quantitative estimate of drug-likeness (QED) is 0.272. The summed E-state index contributed by atoms with van der Waals surface area (Å²) in [5.74, 6) is 0. The van der Waals surface area contributed by atoms with Crippen LogP contribution in [-0.4, -0.2) is 11.2 Å². The SMILES string of the molecule is Cc1c(CCOCc2ccccc2)c2ccccc2n(Cc2ccc(Br)c(Cl)c2)c1=O. The molecule has 0 bridgehead atoms. The molecule has 0 spiro atoms. The molecule has 0 unspecified atom stereocenters. The third-order valence-electron chi connectivity index (χ3n) is 5.47. The number of nitrogens with zero attached hydrogens (tertiary/aromatic N) is 1. The monoisotopic (exact) mass is 495 g/mol. The number of aromatic nitrogens is 1. The predicted octanol–water partition coefficient (Wildman–Crippen LogP) is 6.53. The number of para-hydroxylation sites is 1. The molecule has 4 rings (SSSR count). The van der Waals surface area contributed by atoms with E-state index in [1.807, 2.05) is 66.1 Å². The molecule has 31 heavy (non-hydrogen) atoms. The first-order valence-electron chi connectivity index (χ1n) is 10.2. The summed E-state index contributed by atoms with van der Waals surface area (Å²) < 4.78 is 8.57. The molecule has 5 heteroatoms. The highest BCUT2D eigenvalue weighted by Gasteiger charge is 2.14. The molecule has 0 aliphatic carbocycles. The standard InChI is InChI=1S/C26H23BrClNO2/c1-18-21(13-14-31-17-19-7-3-2-4-8-19)22-9-5-6-10-25(22)29(26(18)30)16-20-11-12-23(27)24(28)15-20/h2-12,15H,13-14,16-17H2,1H3. The van der Waals surface area contributed by atoms with Gasteiger partial charge in [-0.25, -0.2) is 0 Å². The van der Waals surface area contributed by atoms with Gasteiger partial charge in [-0.2, -0.15) is 0 Å². The fraction of sp³-hybridized carbons (Fsp3) is 0.192. The summed E-state index contributed by atoms with van der Waals surface area (Å²) in [5.41, 5.74) is 4.90. The fourth-order valence-electron chi connectivity index (χ4n) is 3.85. The van der Waals surface area contributed by atoms with E-state index in [4.69, 9.17) is 16.3 Å². The molecule has 4 aromatic rings. The second kappa shape index (κ2) is 9.82. The zero-order valence-electron chi connectivity index (χ0n) is 17.3. The van der Waals surface area contributed by atoms with E-state index in [9.17, 15) is 4.79 Å². The van der Waals surface area contributed by atoms with E-state index in [-0.39, 0.29) is 5.56 Å². The zero-order chi connectivity index (χ0) is 21.8. The van der Waals surface area contributed by atoms with Gasteiger partial charge in [0.15, 0.2) is 0 Å². The Morgan fingerprint density at radius 3 is 2.48 bits per heavy atom. The number of benzene rings is 3. The lowest BCUT2D eigenvalue weighted by molar-refractivity contribution is 0.124. The normalized spacial score (nSPS) is 11.2. The van der Waals surface area contributed by atoms with Gasteiger partial charge >= 0.3 is 0 Å². The van der Waals surface area contributed by atoms with Crippen LogP contribution in [0, 0.1) is 6.92 Å². The smallest absolute Gasteiger partial charge is 0.254 e. The van der Waals surface area contributed by atoms with Crippen LogP contribution in [0.25, 0.3) is 10.9 Å². The lowest BCUT2D eigenvalue weighted by Crippen LogP contribution is -2.25. The molecular weight excluding hydrogens is 474 g/mol. The molecule has 0 saturated carbocycles. The number of pyridine rings is 1. The van der Waals surface area contributed by atoms with Crippen molar-refractivity contribution in [2.24, 2.45) is 0 Å². The lowest BCUT2D eigenvalue weighted by Gasteiger charge is -2.17. The van der Waals surface area contributed by atoms with Crippen molar-refractivity contribution in [1.82, 2.24) is 4.57 Å². The maximum Gasteiger partial charge on any atom is 0.254 e. The molecule has 3 aromatic carbocycles. The number of hydrogen-bond donors (Lipinski definition) is 0. The largest absolute Gasteiger partial charge is 0.376 e. The predicted molar refractivity (Wildman–Crippen MR) is 131 cm³/mol. The molecule has 0 amide bonds. The van der Waals surface area contributed by atoms with Crippen LogP contribution in [0.4, 0.5) is 0 Å². The van der Waals surface area contributed by atoms with E-state index in [1.54, 1.807) is 0 Å². The Bertz CT molecular complexity index is 1270. The van der Waals surface area contributed by atoms with Crippen molar-refractivity contribution >= 4 is 38.4 Å². The highest BCUT2D eigenvalue weighted by molar-refractivity contribution is 9.10. The number of fused-ring (bicyclic) bond motifs is 1. The van der Waals surface area contributed by atoms with Crippen molar-refractivity contribution in [2.75, 3.05) is 6.61 Å². The van der Waals surface area contributed by atoms with Crippen LogP contribution < -0.4 is 5.56 Å². The molecule has 158 valence electrons. The summed E-state index contributed by atoms with van der Waals surface area (Å²) in [4.78, 5) is 13.3. The van der Waals surface area contributed by atoms with Crippen molar-refractivity contribution in [2.45, 2.75) is 26.5 Å². The van der Waals surface area contributed by atoms with Crippen LogP contribution in [0.2, 0.25) is 5.02 Å². The van der Waals surface area contributed by atoms with E-state index in [2.05, 4.69) is 34.1 Å². The molecular formula is C26H23BrClNO2. The van der Waals surface area contributed by atoms with Gasteiger partial charge in [0.25, 0.3) is 5.56 Å². The number of halogens is 2. The number of rotatable bonds is 7. The van der Waals surface area contributed by atoms with Gasteiger partial charge in [0, 0.05) is 15.4 Å². The van der Waals surface area contributed by atoms with E-state index >= 15 is 0 Å². The third kappa shape index (κ3) is 4.93. The lowest BCUT2D eigenvalue weighted by atomic mass is 10.0. The summed E-state index contributed by atoms with van der Waals surface area (Å²) in [6.45, 7) is 3.51. The number of ether oxygens (including phenoxy) is 1. The van der Waals surface area contributed by atoms with E-state index in [1.165, 1.54) is 0 Å². The second-order valence-corrected chi connectivity index (χ2v) is 8.81. The Morgan fingerprint density at radius 1 is 0.968 bits per heavy atom. The van der Waals surface area contributed by atoms with E-state index in [0.29, 0.717) is 31.2 Å². The molecule has 1 aromatic heterocycles. The Hall–Kier alpha value is -2.40. The topological polar surface area (TPSA) is 31.2 Å². The molecule has 0 aliphatic rings. The average Bonchev–Trinajstić information content (AvgIpc) is 2.79. The minimum absolute atomic E-state index is 0.0239. The Balaban J connectivity index is 1.62. The maximum atomic E-state index is 13.3. The minimum Gasteiger partial charge on any atom is -0.376 e. The van der Waals surface area contributed by atoms with Gasteiger partial charge in [-0.15, -0.1) is 0 Å². The van der Waals surface area contributed by atoms with Crippen molar-refractivity contribution in [1.29, 1.82) is 0 Å². The van der Waals surface area contributed by atoms with Crippen LogP contribution in [-0.2, 0) is 24.3 Å². The highest BCUT2D eigenvalue weighted by Crippen LogP contribution is 2.25. The first-order chi connectivity index (χ1) is 15.0. The first kappa shape index (κ1) is 21.8. The van der Waals surface area contributed by atoms with Crippen LogP contribution in [0.3, 0.4) is 0 Å². The Morgan fingerprint density at radius 2 is 1.71 bits per heavy atom. The Kier molecular flexibility index (Phi) is 6.91. The van der Waals surface area contributed by atoms with Crippen molar-refractivity contribution in [3.05, 3.63) is 115 Å². The first-order valence-corrected chi connectivity index (χ1v) is 11.4. The van der Waals surface area contributed by atoms with Crippen molar-refractivity contribution in [3.8, 4) is 0 Å². The minimum atomic E-state index is 0.0239. The molecule has 1 heterocycles. The second-order valence-electron chi connectivity index (χ2n) is 7.55. The highest BCUT2D eigenvalue weighted by atomic mass is 79.9. The summed E-state index contributed by atoms with van der Waals surface area (Å²) in [6, 6.07) is 24.0. The molecule has 0 aliphatic heterocycles. The molecule has 0 N–H and O–H groups in total. The van der Waals surface area contributed by atoms with Crippen molar-refractivity contribution in [3.63, 3.8) is 0 Å². The van der Waals surface area contributed by atoms with Crippen LogP contribution in [0.5, 0.6) is 0 Å². The van der Waals surface area contributed by atoms with E-state index in [0.717, 1.165) is 37.6 Å². The van der Waals surface area contributed by atoms with E-state index < -0.39 is 0 Å². The maximum absolute atomic E-state index is 13.3. The zero-order valence-corrected chi connectivity index (χ0v) is 19.6. The van der Waals surface area contributed by atoms with Gasteiger partial charge in [0.1, 0.15) is 0 Å². The van der Waals surface area contributed by atoms with Crippen LogP contribution in [0.1, 0.15) is 22.3 Å². The van der Waals surface area contributed by atoms with Gasteiger partial charge in [-0.3, -0.25) is 4.79 Å². The Labute approximate surface area is 195 Å².